The van der Waals surface area contributed by atoms with Crippen LogP contribution >= 0.6 is 0 Å². The first-order valence-electron chi connectivity index (χ1n) is 5.80. The highest BCUT2D eigenvalue weighted by Crippen LogP contribution is 2.19. The van der Waals surface area contributed by atoms with Gasteiger partial charge in [0.1, 0.15) is 5.69 Å². The molecular weight excluding hydrogens is 214 g/mol. The molecule has 3 heteroatoms. The van der Waals surface area contributed by atoms with E-state index in [1.165, 1.54) is 12.7 Å². The van der Waals surface area contributed by atoms with Crippen molar-refractivity contribution >= 4 is 16.9 Å². The van der Waals surface area contributed by atoms with Crippen molar-refractivity contribution in [2.45, 2.75) is 20.3 Å². The molecule has 1 aromatic heterocycles. The minimum atomic E-state index is -0.327. The summed E-state index contributed by atoms with van der Waals surface area (Å²) in [5.74, 6) is 0.300. The largest absolute Gasteiger partial charge is 0.464 e. The number of aromatic amines is 1. The van der Waals surface area contributed by atoms with Gasteiger partial charge in [0.05, 0.1) is 7.11 Å². The molecule has 0 amide bonds. The summed E-state index contributed by atoms with van der Waals surface area (Å²) in [6, 6.07) is 8.06. The molecule has 1 heterocycles. The first-order chi connectivity index (χ1) is 8.10. The molecular formula is C14H17NO2. The summed E-state index contributed by atoms with van der Waals surface area (Å²) in [4.78, 5) is 14.5. The first kappa shape index (κ1) is 11.7. The lowest BCUT2D eigenvalue weighted by atomic mass is 10.0. The van der Waals surface area contributed by atoms with Gasteiger partial charge in [0.15, 0.2) is 0 Å². The van der Waals surface area contributed by atoms with Crippen LogP contribution < -0.4 is 0 Å². The molecule has 0 aliphatic rings. The maximum absolute atomic E-state index is 11.4. The Balaban J connectivity index is 2.37. The third-order valence-electron chi connectivity index (χ3n) is 2.74. The van der Waals surface area contributed by atoms with Crippen LogP contribution in [0.5, 0.6) is 0 Å². The summed E-state index contributed by atoms with van der Waals surface area (Å²) in [5, 5.41) is 1.04. The normalized spacial score (nSPS) is 11.1. The molecule has 3 nitrogen and oxygen atoms in total. The molecule has 0 saturated carbocycles. The molecule has 1 aromatic carbocycles. The van der Waals surface area contributed by atoms with Gasteiger partial charge in [-0.1, -0.05) is 26.0 Å². The van der Waals surface area contributed by atoms with Crippen LogP contribution in [0.15, 0.2) is 24.3 Å². The van der Waals surface area contributed by atoms with E-state index >= 15 is 0 Å². The van der Waals surface area contributed by atoms with E-state index < -0.39 is 0 Å². The minimum absolute atomic E-state index is 0.327. The number of benzene rings is 1. The Bertz CT molecular complexity index is 540. The number of ether oxygens (including phenoxy) is 1. The Hall–Kier alpha value is -1.77. The van der Waals surface area contributed by atoms with Crippen molar-refractivity contribution in [2.24, 2.45) is 5.92 Å². The molecule has 0 aliphatic heterocycles. The number of carbonyl (C=O) groups is 1. The van der Waals surface area contributed by atoms with Gasteiger partial charge >= 0.3 is 5.97 Å². The zero-order valence-corrected chi connectivity index (χ0v) is 10.4. The van der Waals surface area contributed by atoms with Gasteiger partial charge in [0.25, 0.3) is 0 Å². The van der Waals surface area contributed by atoms with Crippen LogP contribution in [-0.4, -0.2) is 18.1 Å². The zero-order valence-electron chi connectivity index (χ0n) is 10.4. The van der Waals surface area contributed by atoms with Crippen molar-refractivity contribution < 1.29 is 9.53 Å². The summed E-state index contributed by atoms with van der Waals surface area (Å²) in [7, 11) is 1.39. The fourth-order valence-electron chi connectivity index (χ4n) is 1.99. The number of hydrogen-bond acceptors (Lipinski definition) is 2. The number of H-pyrrole nitrogens is 1. The smallest absolute Gasteiger partial charge is 0.354 e. The van der Waals surface area contributed by atoms with E-state index in [0.29, 0.717) is 11.6 Å². The first-order valence-corrected chi connectivity index (χ1v) is 5.80. The second kappa shape index (κ2) is 4.62. The van der Waals surface area contributed by atoms with E-state index in [1.807, 2.05) is 12.1 Å². The summed E-state index contributed by atoms with van der Waals surface area (Å²) in [5.41, 5.74) is 2.78. The third kappa shape index (κ3) is 2.49. The van der Waals surface area contributed by atoms with Crippen LogP contribution in [0.1, 0.15) is 29.9 Å². The summed E-state index contributed by atoms with van der Waals surface area (Å²) < 4.78 is 4.69. The monoisotopic (exact) mass is 231 g/mol. The van der Waals surface area contributed by atoms with Crippen LogP contribution in [0.2, 0.25) is 0 Å². The van der Waals surface area contributed by atoms with Crippen LogP contribution in [0.25, 0.3) is 10.9 Å². The fraction of sp³-hybridized carbons (Fsp3) is 0.357. The lowest BCUT2D eigenvalue weighted by Crippen LogP contribution is -2.00. The number of nitrogens with one attached hydrogen (secondary N) is 1. The number of carbonyl (C=O) groups excluding carboxylic acids is 1. The van der Waals surface area contributed by atoms with Crippen LogP contribution in [0, 0.1) is 5.92 Å². The second-order valence-electron chi connectivity index (χ2n) is 4.69. The molecule has 0 atom stereocenters. The Kier molecular flexibility index (Phi) is 3.18. The predicted molar refractivity (Wildman–Crippen MR) is 68.2 cm³/mol. The van der Waals surface area contributed by atoms with Crippen LogP contribution in [0.4, 0.5) is 0 Å². The van der Waals surface area contributed by atoms with Crippen molar-refractivity contribution in [1.82, 2.24) is 4.98 Å². The number of aromatic nitrogens is 1. The molecule has 0 spiro atoms. The van der Waals surface area contributed by atoms with Crippen molar-refractivity contribution in [2.75, 3.05) is 7.11 Å². The second-order valence-corrected chi connectivity index (χ2v) is 4.69. The van der Waals surface area contributed by atoms with Gasteiger partial charge < -0.3 is 9.72 Å². The van der Waals surface area contributed by atoms with Gasteiger partial charge in [-0.05, 0) is 30.0 Å². The molecule has 17 heavy (non-hydrogen) atoms. The maximum Gasteiger partial charge on any atom is 0.354 e. The Morgan fingerprint density at radius 3 is 2.76 bits per heavy atom. The molecule has 2 rings (SSSR count). The molecule has 0 radical (unpaired) electrons. The topological polar surface area (TPSA) is 42.1 Å². The third-order valence-corrected chi connectivity index (χ3v) is 2.74. The molecule has 1 N–H and O–H groups in total. The van der Waals surface area contributed by atoms with Crippen molar-refractivity contribution in [3.63, 3.8) is 0 Å². The summed E-state index contributed by atoms with van der Waals surface area (Å²) in [6.45, 7) is 4.39. The average molecular weight is 231 g/mol. The SMILES string of the molecule is COC(=O)c1cc2ccc(CC(C)C)cc2[nH]1. The molecule has 90 valence electrons. The van der Waals surface area contributed by atoms with E-state index in [4.69, 9.17) is 4.74 Å². The molecule has 2 aromatic rings. The van der Waals surface area contributed by atoms with E-state index in [0.717, 1.165) is 17.3 Å². The van der Waals surface area contributed by atoms with Gasteiger partial charge in [-0.15, -0.1) is 0 Å². The van der Waals surface area contributed by atoms with E-state index in [9.17, 15) is 4.79 Å². The average Bonchev–Trinajstić information content (AvgIpc) is 2.70. The molecule has 0 saturated heterocycles. The lowest BCUT2D eigenvalue weighted by Gasteiger charge is -2.04. The molecule has 0 aliphatic carbocycles. The van der Waals surface area contributed by atoms with Crippen LogP contribution in [-0.2, 0) is 11.2 Å². The zero-order chi connectivity index (χ0) is 12.4. The van der Waals surface area contributed by atoms with Crippen LogP contribution in [0.3, 0.4) is 0 Å². The fourth-order valence-corrected chi connectivity index (χ4v) is 1.99. The summed E-state index contributed by atoms with van der Waals surface area (Å²) in [6.07, 6.45) is 1.04. The molecule has 0 unspecified atom stereocenters. The Morgan fingerprint density at radius 2 is 2.12 bits per heavy atom. The van der Waals surface area contributed by atoms with E-state index in [1.54, 1.807) is 0 Å². The van der Waals surface area contributed by atoms with Gasteiger partial charge in [0, 0.05) is 10.9 Å². The van der Waals surface area contributed by atoms with Gasteiger partial charge in [-0.2, -0.15) is 0 Å². The lowest BCUT2D eigenvalue weighted by molar-refractivity contribution is 0.0595. The Morgan fingerprint density at radius 1 is 1.35 bits per heavy atom. The van der Waals surface area contributed by atoms with Gasteiger partial charge in [-0.3, -0.25) is 0 Å². The highest BCUT2D eigenvalue weighted by atomic mass is 16.5. The Labute approximate surface area is 101 Å². The van der Waals surface area contributed by atoms with Crippen molar-refractivity contribution in [3.8, 4) is 0 Å². The predicted octanol–water partition coefficient (Wildman–Crippen LogP) is 3.15. The van der Waals surface area contributed by atoms with Gasteiger partial charge in [-0.25, -0.2) is 4.79 Å². The highest BCUT2D eigenvalue weighted by Gasteiger charge is 2.09. The van der Waals surface area contributed by atoms with E-state index in [2.05, 4.69) is 31.0 Å². The maximum atomic E-state index is 11.4. The number of methoxy groups -OCH3 is 1. The van der Waals surface area contributed by atoms with Crippen molar-refractivity contribution in [3.05, 3.63) is 35.5 Å². The van der Waals surface area contributed by atoms with Crippen molar-refractivity contribution in [1.29, 1.82) is 0 Å². The minimum Gasteiger partial charge on any atom is -0.464 e. The molecule has 0 bridgehead atoms. The number of esters is 1. The number of fused-ring (bicyclic) bond motifs is 1. The van der Waals surface area contributed by atoms with Gasteiger partial charge in [0.2, 0.25) is 0 Å². The standard InChI is InChI=1S/C14H17NO2/c1-9(2)6-10-4-5-11-8-13(14(16)17-3)15-12(11)7-10/h4-5,7-9,15H,6H2,1-3H3. The summed E-state index contributed by atoms with van der Waals surface area (Å²) >= 11 is 0. The van der Waals surface area contributed by atoms with E-state index in [-0.39, 0.29) is 5.97 Å². The molecule has 0 fully saturated rings. The quantitative estimate of drug-likeness (QED) is 0.824. The number of hydrogen-bond donors (Lipinski definition) is 1. The highest BCUT2D eigenvalue weighted by molar-refractivity contribution is 5.94. The number of rotatable bonds is 3.